The number of fused-ring (bicyclic) bond motifs is 1. The summed E-state index contributed by atoms with van der Waals surface area (Å²) >= 11 is 0. The molecule has 164 valence electrons. The Hall–Kier alpha value is -2.83. The zero-order chi connectivity index (χ0) is 21.8. The maximum atomic E-state index is 13.2. The Balaban J connectivity index is 1.63. The summed E-state index contributed by atoms with van der Waals surface area (Å²) in [5, 5.41) is 0.622. The van der Waals surface area contributed by atoms with Gasteiger partial charge in [-0.15, -0.1) is 0 Å². The van der Waals surface area contributed by atoms with Gasteiger partial charge in [0.2, 0.25) is 0 Å². The molecule has 0 spiro atoms. The number of nitrogens with zero attached hydrogens (tertiary/aromatic N) is 1. The number of hydrogen-bond donors (Lipinski definition) is 0. The van der Waals surface area contributed by atoms with E-state index in [1.54, 1.807) is 20.5 Å². The molecular weight excluding hydrogens is 394 g/mol. The predicted molar refractivity (Wildman–Crippen MR) is 120 cm³/mol. The first-order valence-electron chi connectivity index (χ1n) is 10.6. The molecule has 1 atom stereocenters. The molecule has 6 heteroatoms. The molecule has 2 heterocycles. The van der Waals surface area contributed by atoms with E-state index < -0.39 is 0 Å². The van der Waals surface area contributed by atoms with Crippen LogP contribution in [0, 0.1) is 6.92 Å². The van der Waals surface area contributed by atoms with Gasteiger partial charge in [-0.2, -0.15) is 0 Å². The average molecular weight is 424 g/mol. The van der Waals surface area contributed by atoms with E-state index in [2.05, 4.69) is 4.90 Å². The van der Waals surface area contributed by atoms with Crippen LogP contribution in [0.25, 0.3) is 11.0 Å². The first-order valence-corrected chi connectivity index (χ1v) is 10.6. The molecule has 1 fully saturated rings. The molecule has 0 N–H and O–H groups in total. The van der Waals surface area contributed by atoms with Crippen LogP contribution in [0.15, 0.2) is 51.9 Å². The van der Waals surface area contributed by atoms with Gasteiger partial charge in [0.1, 0.15) is 17.1 Å². The number of ether oxygens (including phenoxy) is 3. The Bertz CT molecular complexity index is 1100. The highest BCUT2D eigenvalue weighted by Gasteiger charge is 2.22. The molecule has 0 amide bonds. The van der Waals surface area contributed by atoms with E-state index in [0.29, 0.717) is 29.6 Å². The van der Waals surface area contributed by atoms with Crippen molar-refractivity contribution in [3.8, 4) is 11.5 Å². The molecule has 1 aliphatic rings. The van der Waals surface area contributed by atoms with Crippen LogP contribution >= 0.6 is 0 Å². The summed E-state index contributed by atoms with van der Waals surface area (Å²) in [7, 11) is 3.29. The molecule has 1 saturated heterocycles. The standard InChI is InChI=1S/C25H29NO5/c1-17-6-9-23-22(11-17)25(27)19(16-31-23)14-26(15-21-5-4-10-30-21)13-18-7-8-20(28-2)12-24(18)29-3/h6-9,11-12,16,21H,4-5,10,13-15H2,1-3H3. The maximum absolute atomic E-state index is 13.2. The summed E-state index contributed by atoms with van der Waals surface area (Å²) in [6.45, 7) is 4.60. The second kappa shape index (κ2) is 9.54. The van der Waals surface area contributed by atoms with Gasteiger partial charge in [-0.1, -0.05) is 17.7 Å². The zero-order valence-electron chi connectivity index (χ0n) is 18.3. The number of methoxy groups -OCH3 is 2. The van der Waals surface area contributed by atoms with E-state index in [1.165, 1.54) is 0 Å². The smallest absolute Gasteiger partial charge is 0.197 e. The van der Waals surface area contributed by atoms with Crippen molar-refractivity contribution < 1.29 is 18.6 Å². The van der Waals surface area contributed by atoms with Crippen molar-refractivity contribution in [1.82, 2.24) is 4.90 Å². The van der Waals surface area contributed by atoms with Crippen LogP contribution in [-0.4, -0.2) is 38.4 Å². The van der Waals surface area contributed by atoms with E-state index in [9.17, 15) is 4.79 Å². The molecule has 0 radical (unpaired) electrons. The maximum Gasteiger partial charge on any atom is 0.197 e. The first kappa shape index (κ1) is 21.4. The van der Waals surface area contributed by atoms with Crippen LogP contribution in [0.5, 0.6) is 11.5 Å². The lowest BCUT2D eigenvalue weighted by Gasteiger charge is -2.26. The minimum Gasteiger partial charge on any atom is -0.497 e. The Kier molecular flexibility index (Phi) is 6.59. The average Bonchev–Trinajstić information content (AvgIpc) is 3.29. The molecule has 3 aromatic rings. The Labute approximate surface area is 182 Å². The molecule has 0 aliphatic carbocycles. The quantitative estimate of drug-likeness (QED) is 0.538. The third-order valence-corrected chi connectivity index (χ3v) is 5.77. The highest BCUT2D eigenvalue weighted by atomic mass is 16.5. The number of hydrogen-bond acceptors (Lipinski definition) is 6. The third kappa shape index (κ3) is 4.92. The van der Waals surface area contributed by atoms with Crippen molar-refractivity contribution in [3.05, 3.63) is 69.6 Å². The zero-order valence-corrected chi connectivity index (χ0v) is 18.3. The van der Waals surface area contributed by atoms with Gasteiger partial charge in [0, 0.05) is 43.4 Å². The topological polar surface area (TPSA) is 61.1 Å². The monoisotopic (exact) mass is 423 g/mol. The van der Waals surface area contributed by atoms with Gasteiger partial charge < -0.3 is 18.6 Å². The van der Waals surface area contributed by atoms with Crippen molar-refractivity contribution in [2.75, 3.05) is 27.4 Å². The molecule has 4 rings (SSSR count). The fraction of sp³-hybridized carbons (Fsp3) is 0.400. The van der Waals surface area contributed by atoms with Gasteiger partial charge >= 0.3 is 0 Å². The van der Waals surface area contributed by atoms with Crippen molar-refractivity contribution in [2.24, 2.45) is 0 Å². The number of aryl methyl sites for hydroxylation is 1. The summed E-state index contributed by atoms with van der Waals surface area (Å²) in [5.74, 6) is 1.51. The summed E-state index contributed by atoms with van der Waals surface area (Å²) in [6.07, 6.45) is 3.86. The van der Waals surface area contributed by atoms with E-state index in [1.807, 2.05) is 43.3 Å². The van der Waals surface area contributed by atoms with Gasteiger partial charge in [-0.3, -0.25) is 9.69 Å². The summed E-state index contributed by atoms with van der Waals surface area (Å²) < 4.78 is 22.6. The van der Waals surface area contributed by atoms with Crippen LogP contribution in [0.3, 0.4) is 0 Å². The minimum atomic E-state index is 0.0176. The van der Waals surface area contributed by atoms with Gasteiger partial charge in [-0.25, -0.2) is 0 Å². The third-order valence-electron chi connectivity index (χ3n) is 5.77. The summed E-state index contributed by atoms with van der Waals surface area (Å²) in [5.41, 5.74) is 3.34. The van der Waals surface area contributed by atoms with Gasteiger partial charge in [0.25, 0.3) is 0 Å². The van der Waals surface area contributed by atoms with Gasteiger partial charge in [-0.05, 0) is 38.0 Å². The Morgan fingerprint density at radius 1 is 1.06 bits per heavy atom. The van der Waals surface area contributed by atoms with Crippen molar-refractivity contribution in [1.29, 1.82) is 0 Å². The largest absolute Gasteiger partial charge is 0.497 e. The lowest BCUT2D eigenvalue weighted by atomic mass is 10.1. The van der Waals surface area contributed by atoms with E-state index in [-0.39, 0.29) is 11.5 Å². The molecule has 1 aliphatic heterocycles. The summed E-state index contributed by atoms with van der Waals surface area (Å²) in [4.78, 5) is 15.4. The van der Waals surface area contributed by atoms with E-state index in [0.717, 1.165) is 48.6 Å². The van der Waals surface area contributed by atoms with E-state index in [4.69, 9.17) is 18.6 Å². The van der Waals surface area contributed by atoms with Crippen molar-refractivity contribution >= 4 is 11.0 Å². The van der Waals surface area contributed by atoms with Crippen LogP contribution in [-0.2, 0) is 17.8 Å². The number of benzene rings is 2. The molecular formula is C25H29NO5. The molecule has 2 aromatic carbocycles. The number of rotatable bonds is 8. The van der Waals surface area contributed by atoms with Crippen LogP contribution in [0.4, 0.5) is 0 Å². The first-order chi connectivity index (χ1) is 15.1. The lowest BCUT2D eigenvalue weighted by Crippen LogP contribution is -2.33. The molecule has 6 nitrogen and oxygen atoms in total. The molecule has 1 aromatic heterocycles. The van der Waals surface area contributed by atoms with Gasteiger partial charge in [0.05, 0.1) is 32.0 Å². The lowest BCUT2D eigenvalue weighted by molar-refractivity contribution is 0.0673. The summed E-state index contributed by atoms with van der Waals surface area (Å²) in [6, 6.07) is 11.5. The fourth-order valence-electron chi connectivity index (χ4n) is 4.12. The molecule has 31 heavy (non-hydrogen) atoms. The minimum absolute atomic E-state index is 0.0176. The van der Waals surface area contributed by atoms with Crippen LogP contribution in [0.2, 0.25) is 0 Å². The van der Waals surface area contributed by atoms with Crippen LogP contribution in [0.1, 0.15) is 29.5 Å². The SMILES string of the molecule is COc1ccc(CN(Cc2coc3ccc(C)cc3c2=O)CC2CCCO2)c(OC)c1. The van der Waals surface area contributed by atoms with Gasteiger partial charge in [0.15, 0.2) is 5.43 Å². The highest BCUT2D eigenvalue weighted by molar-refractivity contribution is 5.77. The van der Waals surface area contributed by atoms with Crippen molar-refractivity contribution in [3.63, 3.8) is 0 Å². The normalized spacial score (nSPS) is 16.2. The Morgan fingerprint density at radius 2 is 1.90 bits per heavy atom. The molecule has 0 saturated carbocycles. The predicted octanol–water partition coefficient (Wildman–Crippen LogP) is 4.30. The van der Waals surface area contributed by atoms with Crippen LogP contribution < -0.4 is 14.9 Å². The molecule has 1 unspecified atom stereocenters. The second-order valence-corrected chi connectivity index (χ2v) is 8.07. The highest BCUT2D eigenvalue weighted by Crippen LogP contribution is 2.27. The van der Waals surface area contributed by atoms with Crippen molar-refractivity contribution in [2.45, 2.75) is 39.0 Å². The Morgan fingerprint density at radius 3 is 2.65 bits per heavy atom. The fourth-order valence-corrected chi connectivity index (χ4v) is 4.12. The molecule has 0 bridgehead atoms. The van der Waals surface area contributed by atoms with E-state index >= 15 is 0 Å². The second-order valence-electron chi connectivity index (χ2n) is 8.07.